The summed E-state index contributed by atoms with van der Waals surface area (Å²) in [5, 5.41) is 0. The molecule has 1 atom stereocenters. The number of nitrogens with zero attached hydrogens (tertiary/aromatic N) is 2. The molecule has 0 radical (unpaired) electrons. The molecule has 1 aromatic heterocycles. The molecular formula is C17H12F3N3O2. The van der Waals surface area contributed by atoms with Crippen molar-refractivity contribution < 1.29 is 22.7 Å². The van der Waals surface area contributed by atoms with Crippen LogP contribution in [0, 0.1) is 0 Å². The first-order valence-electron chi connectivity index (χ1n) is 7.54. The Labute approximate surface area is 140 Å². The molecule has 0 aliphatic carbocycles. The minimum absolute atomic E-state index is 0.0180. The van der Waals surface area contributed by atoms with Crippen LogP contribution in [0.2, 0.25) is 0 Å². The lowest BCUT2D eigenvalue weighted by molar-refractivity contribution is -0.141. The van der Waals surface area contributed by atoms with E-state index in [9.17, 15) is 18.0 Å². The molecule has 0 fully saturated rings. The maximum Gasteiger partial charge on any atom is 0.433 e. The molecule has 3 heterocycles. The van der Waals surface area contributed by atoms with Crippen molar-refractivity contribution in [1.82, 2.24) is 4.98 Å². The molecule has 0 saturated carbocycles. The quantitative estimate of drug-likeness (QED) is 0.794. The van der Waals surface area contributed by atoms with E-state index in [0.717, 1.165) is 6.07 Å². The smallest absolute Gasteiger partial charge is 0.433 e. The second-order valence-electron chi connectivity index (χ2n) is 5.89. The van der Waals surface area contributed by atoms with Crippen molar-refractivity contribution in [2.75, 3.05) is 6.61 Å². The minimum Gasteiger partial charge on any atom is -0.493 e. The van der Waals surface area contributed by atoms with Crippen LogP contribution < -0.4 is 10.5 Å². The van der Waals surface area contributed by atoms with E-state index in [1.807, 2.05) is 0 Å². The summed E-state index contributed by atoms with van der Waals surface area (Å²) in [4.78, 5) is 20.5. The number of aliphatic imine (C=N–C) groups is 1. The molecule has 128 valence electrons. The van der Waals surface area contributed by atoms with Crippen LogP contribution in [0.3, 0.4) is 0 Å². The van der Waals surface area contributed by atoms with Gasteiger partial charge in [0.2, 0.25) is 0 Å². The van der Waals surface area contributed by atoms with Crippen molar-refractivity contribution in [2.45, 2.75) is 18.0 Å². The summed E-state index contributed by atoms with van der Waals surface area (Å²) >= 11 is 0. The Balaban J connectivity index is 2.05. The highest BCUT2D eigenvalue weighted by molar-refractivity contribution is 6.13. The highest BCUT2D eigenvalue weighted by atomic mass is 19.4. The molecule has 1 aromatic carbocycles. The maximum atomic E-state index is 13.2. The number of hydrogen-bond donors (Lipinski definition) is 1. The van der Waals surface area contributed by atoms with Gasteiger partial charge in [-0.1, -0.05) is 18.2 Å². The van der Waals surface area contributed by atoms with Gasteiger partial charge < -0.3 is 10.5 Å². The number of carbonyl (C=O) groups excluding carboxylic acids is 1. The predicted molar refractivity (Wildman–Crippen MR) is 82.3 cm³/mol. The lowest BCUT2D eigenvalue weighted by Crippen LogP contribution is -2.47. The van der Waals surface area contributed by atoms with Gasteiger partial charge in [0.15, 0.2) is 0 Å². The molecule has 0 bridgehead atoms. The number of hydrogen-bond acceptors (Lipinski definition) is 4. The van der Waals surface area contributed by atoms with Crippen LogP contribution in [0.25, 0.3) is 0 Å². The fourth-order valence-electron chi connectivity index (χ4n) is 3.38. The summed E-state index contributed by atoms with van der Waals surface area (Å²) in [6, 6.07) is 8.79. The Morgan fingerprint density at radius 3 is 2.68 bits per heavy atom. The first kappa shape index (κ1) is 15.6. The van der Waals surface area contributed by atoms with Crippen LogP contribution in [0.5, 0.6) is 5.75 Å². The van der Waals surface area contributed by atoms with E-state index in [1.54, 1.807) is 24.3 Å². The van der Waals surface area contributed by atoms with Gasteiger partial charge in [-0.05, 0) is 18.2 Å². The Hall–Kier alpha value is -2.90. The summed E-state index contributed by atoms with van der Waals surface area (Å²) in [6.07, 6.45) is -4.49. The first-order valence-corrected chi connectivity index (χ1v) is 7.54. The Bertz CT molecular complexity index is 924. The molecule has 2 N–H and O–H groups in total. The van der Waals surface area contributed by atoms with Crippen LogP contribution in [-0.4, -0.2) is 23.3 Å². The van der Waals surface area contributed by atoms with Gasteiger partial charge in [-0.15, -0.1) is 0 Å². The molecule has 1 spiro atoms. The average molecular weight is 347 g/mol. The lowest BCUT2D eigenvalue weighted by Gasteiger charge is -2.38. The van der Waals surface area contributed by atoms with Gasteiger partial charge in [-0.25, -0.2) is 4.98 Å². The highest BCUT2D eigenvalue weighted by Gasteiger charge is 2.51. The van der Waals surface area contributed by atoms with Gasteiger partial charge in [-0.2, -0.15) is 18.2 Å². The third-order valence-corrected chi connectivity index (χ3v) is 4.53. The number of carbonyl (C=O) groups is 1. The fraction of sp³-hybridized carbons (Fsp3) is 0.235. The van der Waals surface area contributed by atoms with Crippen molar-refractivity contribution >= 4 is 11.7 Å². The van der Waals surface area contributed by atoms with Crippen molar-refractivity contribution in [2.24, 2.45) is 10.7 Å². The standard InChI is InChI=1S/C17H12F3N3O2/c18-17(19,20)12-6-5-9-13(22-12)16(15(24)23-14(9)21)7-8-25-11-4-2-1-3-10(11)16/h1-6H,7-8H2,(H2,21,23,24)/t16-/m0/s1. The number of amides is 1. The van der Waals surface area contributed by atoms with Gasteiger partial charge in [0.05, 0.1) is 12.3 Å². The number of aromatic nitrogens is 1. The van der Waals surface area contributed by atoms with Gasteiger partial charge in [0, 0.05) is 17.5 Å². The molecule has 1 amide bonds. The van der Waals surface area contributed by atoms with Crippen LogP contribution in [0.1, 0.15) is 28.9 Å². The van der Waals surface area contributed by atoms with E-state index in [0.29, 0.717) is 11.3 Å². The summed E-state index contributed by atoms with van der Waals surface area (Å²) < 4.78 is 45.1. The SMILES string of the molecule is NC1=NC(=O)[C@]2(CCOc3ccccc32)c2nc(C(F)(F)F)ccc21. The third-order valence-electron chi connectivity index (χ3n) is 4.53. The topological polar surface area (TPSA) is 77.6 Å². The predicted octanol–water partition coefficient (Wildman–Crippen LogP) is 2.41. The van der Waals surface area contributed by atoms with Gasteiger partial charge in [-0.3, -0.25) is 4.79 Å². The van der Waals surface area contributed by atoms with Crippen LogP contribution in [-0.2, 0) is 16.4 Å². The number of para-hydroxylation sites is 1. The number of halogens is 3. The number of ether oxygens (including phenoxy) is 1. The zero-order chi connectivity index (χ0) is 17.8. The number of rotatable bonds is 0. The van der Waals surface area contributed by atoms with Gasteiger partial charge in [0.1, 0.15) is 22.7 Å². The maximum absolute atomic E-state index is 13.2. The first-order chi connectivity index (χ1) is 11.8. The lowest BCUT2D eigenvalue weighted by atomic mass is 9.69. The van der Waals surface area contributed by atoms with E-state index in [1.165, 1.54) is 6.07 Å². The molecule has 4 rings (SSSR count). The Morgan fingerprint density at radius 1 is 1.16 bits per heavy atom. The third kappa shape index (κ3) is 2.13. The zero-order valence-electron chi connectivity index (χ0n) is 12.8. The fourth-order valence-corrected chi connectivity index (χ4v) is 3.38. The normalized spacial score (nSPS) is 22.0. The average Bonchev–Trinajstić information content (AvgIpc) is 2.59. The Kier molecular flexibility index (Phi) is 3.15. The molecule has 2 aliphatic heterocycles. The molecule has 0 unspecified atom stereocenters. The summed E-state index contributed by atoms with van der Waals surface area (Å²) in [7, 11) is 0. The van der Waals surface area contributed by atoms with E-state index < -0.39 is 23.2 Å². The number of pyridine rings is 1. The van der Waals surface area contributed by atoms with Crippen molar-refractivity contribution in [1.29, 1.82) is 0 Å². The van der Waals surface area contributed by atoms with Crippen molar-refractivity contribution in [3.8, 4) is 5.75 Å². The van der Waals surface area contributed by atoms with Crippen LogP contribution in [0.4, 0.5) is 13.2 Å². The van der Waals surface area contributed by atoms with Crippen LogP contribution in [0.15, 0.2) is 41.4 Å². The Morgan fingerprint density at radius 2 is 1.92 bits per heavy atom. The van der Waals surface area contributed by atoms with Crippen molar-refractivity contribution in [3.05, 3.63) is 58.9 Å². The summed E-state index contributed by atoms with van der Waals surface area (Å²) in [6.45, 7) is 0.162. The van der Waals surface area contributed by atoms with Crippen molar-refractivity contribution in [3.63, 3.8) is 0 Å². The van der Waals surface area contributed by atoms with E-state index in [-0.39, 0.29) is 30.1 Å². The van der Waals surface area contributed by atoms with Gasteiger partial charge in [0.25, 0.3) is 5.91 Å². The van der Waals surface area contributed by atoms with E-state index in [2.05, 4.69) is 9.98 Å². The monoisotopic (exact) mass is 347 g/mol. The molecule has 8 heteroatoms. The number of alkyl halides is 3. The van der Waals surface area contributed by atoms with E-state index in [4.69, 9.17) is 10.5 Å². The number of amidine groups is 1. The molecule has 2 aliphatic rings. The minimum atomic E-state index is -4.63. The zero-order valence-corrected chi connectivity index (χ0v) is 12.8. The highest BCUT2D eigenvalue weighted by Crippen LogP contribution is 2.47. The molecule has 5 nitrogen and oxygen atoms in total. The van der Waals surface area contributed by atoms with E-state index >= 15 is 0 Å². The number of fused-ring (bicyclic) bond motifs is 4. The summed E-state index contributed by atoms with van der Waals surface area (Å²) in [5.41, 5.74) is 3.96. The number of benzene rings is 1. The van der Waals surface area contributed by atoms with Crippen LogP contribution >= 0.6 is 0 Å². The summed E-state index contributed by atoms with van der Waals surface area (Å²) in [5.74, 6) is -0.321. The van der Waals surface area contributed by atoms with Gasteiger partial charge >= 0.3 is 6.18 Å². The second kappa shape index (κ2) is 5.05. The molecular weight excluding hydrogens is 335 g/mol. The molecule has 2 aromatic rings. The largest absolute Gasteiger partial charge is 0.493 e. The second-order valence-corrected chi connectivity index (χ2v) is 5.89. The number of nitrogens with two attached hydrogens (primary N) is 1. The molecule has 25 heavy (non-hydrogen) atoms. The molecule has 0 saturated heterocycles.